The van der Waals surface area contributed by atoms with Crippen LogP contribution in [-0.2, 0) is 19.5 Å². The number of nitrogens with one attached hydrogen (secondary N) is 2. The number of carbonyl (C=O) groups excluding carboxylic acids is 1. The summed E-state index contributed by atoms with van der Waals surface area (Å²) in [5, 5.41) is 12.6. The predicted molar refractivity (Wildman–Crippen MR) is 140 cm³/mol. The maximum Gasteiger partial charge on any atom is 0.267 e. The molecule has 3 aromatic heterocycles. The van der Waals surface area contributed by atoms with Gasteiger partial charge in [-0.2, -0.15) is 0 Å². The van der Waals surface area contributed by atoms with Crippen LogP contribution in [0.4, 0.5) is 0 Å². The van der Waals surface area contributed by atoms with Gasteiger partial charge in [0, 0.05) is 24.3 Å². The summed E-state index contributed by atoms with van der Waals surface area (Å²) in [6.07, 6.45) is 2.34. The van der Waals surface area contributed by atoms with Crippen LogP contribution in [0.3, 0.4) is 0 Å². The number of benzene rings is 2. The molecule has 5 aromatic rings. The van der Waals surface area contributed by atoms with Crippen LogP contribution in [0, 0.1) is 12.3 Å². The van der Waals surface area contributed by atoms with Gasteiger partial charge < -0.3 is 9.88 Å². The zero-order chi connectivity index (χ0) is 25.2. The number of hydrogen-bond acceptors (Lipinski definition) is 4. The first-order chi connectivity index (χ1) is 17.4. The van der Waals surface area contributed by atoms with Gasteiger partial charge in [-0.15, -0.1) is 0 Å². The molecule has 0 aliphatic rings. The van der Waals surface area contributed by atoms with Crippen LogP contribution >= 0.6 is 11.6 Å². The molecule has 0 aliphatic heterocycles. The third-order valence-corrected chi connectivity index (χ3v) is 6.53. The first-order valence-electron chi connectivity index (χ1n) is 11.6. The molecule has 2 aromatic carbocycles. The van der Waals surface area contributed by atoms with Crippen LogP contribution in [0.5, 0.6) is 0 Å². The smallest absolute Gasteiger partial charge is 0.267 e. The van der Waals surface area contributed by atoms with Crippen molar-refractivity contribution in [1.29, 1.82) is 5.41 Å². The molecule has 0 atom stereocenters. The van der Waals surface area contributed by atoms with E-state index in [-0.39, 0.29) is 28.5 Å². The Morgan fingerprint density at radius 1 is 1.06 bits per heavy atom. The Morgan fingerprint density at radius 3 is 2.58 bits per heavy atom. The van der Waals surface area contributed by atoms with Crippen molar-refractivity contribution in [3.8, 4) is 0 Å². The lowest BCUT2D eigenvalue weighted by Crippen LogP contribution is -2.35. The third-order valence-electron chi connectivity index (χ3n) is 6.16. The van der Waals surface area contributed by atoms with Crippen LogP contribution in [0.2, 0.25) is 5.02 Å². The summed E-state index contributed by atoms with van der Waals surface area (Å²) in [4.78, 5) is 31.4. The minimum atomic E-state index is -0.455. The highest BCUT2D eigenvalue weighted by molar-refractivity contribution is 6.31. The van der Waals surface area contributed by atoms with E-state index < -0.39 is 5.91 Å². The molecule has 0 fully saturated rings. The molecule has 0 bridgehead atoms. The van der Waals surface area contributed by atoms with Gasteiger partial charge in [0.25, 0.3) is 11.5 Å². The van der Waals surface area contributed by atoms with Crippen LogP contribution in [0.1, 0.15) is 27.0 Å². The summed E-state index contributed by atoms with van der Waals surface area (Å²) >= 11 is 6.23. The molecule has 0 saturated heterocycles. The first kappa shape index (κ1) is 23.5. The van der Waals surface area contributed by atoms with Crippen LogP contribution in [0.25, 0.3) is 16.7 Å². The highest BCUT2D eigenvalue weighted by Gasteiger charge is 2.18. The second-order valence-corrected chi connectivity index (χ2v) is 9.06. The maximum atomic E-state index is 13.5. The average Bonchev–Trinajstić information content (AvgIpc) is 2.88. The van der Waals surface area contributed by atoms with Crippen molar-refractivity contribution in [1.82, 2.24) is 19.3 Å². The van der Waals surface area contributed by atoms with E-state index in [9.17, 15) is 9.59 Å². The summed E-state index contributed by atoms with van der Waals surface area (Å²) in [5.41, 5.74) is 3.45. The molecular weight excluding hydrogens is 474 g/mol. The summed E-state index contributed by atoms with van der Waals surface area (Å²) in [6, 6.07) is 22.3. The van der Waals surface area contributed by atoms with Gasteiger partial charge in [-0.25, -0.2) is 4.98 Å². The molecule has 5 rings (SSSR count). The number of halogens is 1. The minimum absolute atomic E-state index is 0.00143. The lowest BCUT2D eigenvalue weighted by Gasteiger charge is -2.15. The molecule has 3 heterocycles. The van der Waals surface area contributed by atoms with Crippen LogP contribution in [0.15, 0.2) is 83.8 Å². The van der Waals surface area contributed by atoms with E-state index in [1.54, 1.807) is 22.9 Å². The predicted octanol–water partition coefficient (Wildman–Crippen LogP) is 4.26. The SMILES string of the molecule is Cc1ccc2nc3c(cc(C(=O)NCc4ccccc4Cl)c(=N)n3CCc3ccccc3)c(=O)n2c1. The molecule has 180 valence electrons. The molecular formula is C28H24ClN5O2. The van der Waals surface area contributed by atoms with Crippen molar-refractivity contribution in [3.63, 3.8) is 0 Å². The van der Waals surface area contributed by atoms with Gasteiger partial charge in [0.2, 0.25) is 0 Å². The molecule has 0 radical (unpaired) electrons. The zero-order valence-electron chi connectivity index (χ0n) is 19.7. The molecule has 0 saturated carbocycles. The van der Waals surface area contributed by atoms with Crippen molar-refractivity contribution in [2.24, 2.45) is 0 Å². The first-order valence-corrected chi connectivity index (χ1v) is 12.0. The van der Waals surface area contributed by atoms with Gasteiger partial charge in [0.05, 0.1) is 10.9 Å². The summed E-state index contributed by atoms with van der Waals surface area (Å²) < 4.78 is 3.13. The number of aromatic nitrogens is 3. The lowest BCUT2D eigenvalue weighted by atomic mass is 10.1. The fourth-order valence-corrected chi connectivity index (χ4v) is 4.43. The number of rotatable bonds is 6. The Bertz CT molecular complexity index is 1720. The number of hydrogen-bond donors (Lipinski definition) is 2. The Labute approximate surface area is 212 Å². The Hall–Kier alpha value is -4.23. The van der Waals surface area contributed by atoms with Gasteiger partial charge in [0.1, 0.15) is 16.8 Å². The molecule has 0 unspecified atom stereocenters. The van der Waals surface area contributed by atoms with Crippen molar-refractivity contribution < 1.29 is 4.79 Å². The van der Waals surface area contributed by atoms with E-state index in [4.69, 9.17) is 22.0 Å². The lowest BCUT2D eigenvalue weighted by molar-refractivity contribution is 0.0948. The average molecular weight is 498 g/mol. The number of aryl methyl sites for hydroxylation is 3. The summed E-state index contributed by atoms with van der Waals surface area (Å²) in [5.74, 6) is -0.455. The molecule has 0 spiro atoms. The molecule has 36 heavy (non-hydrogen) atoms. The van der Waals surface area contributed by atoms with Crippen LogP contribution < -0.4 is 16.4 Å². The Kier molecular flexibility index (Phi) is 6.40. The minimum Gasteiger partial charge on any atom is -0.348 e. The molecule has 1 amide bonds. The van der Waals surface area contributed by atoms with E-state index >= 15 is 0 Å². The normalized spacial score (nSPS) is 11.2. The van der Waals surface area contributed by atoms with Gasteiger partial charge in [-0.3, -0.25) is 19.4 Å². The van der Waals surface area contributed by atoms with E-state index in [1.807, 2.05) is 61.5 Å². The van der Waals surface area contributed by atoms with Crippen molar-refractivity contribution in [2.45, 2.75) is 26.4 Å². The molecule has 0 aliphatic carbocycles. The third kappa shape index (κ3) is 4.53. The second kappa shape index (κ2) is 9.79. The van der Waals surface area contributed by atoms with Gasteiger partial charge in [-0.1, -0.05) is 66.2 Å². The monoisotopic (exact) mass is 497 g/mol. The number of amides is 1. The zero-order valence-corrected chi connectivity index (χ0v) is 20.4. The maximum absolute atomic E-state index is 13.5. The van der Waals surface area contributed by atoms with Crippen LogP contribution in [-0.4, -0.2) is 19.9 Å². The number of pyridine rings is 2. The summed E-state index contributed by atoms with van der Waals surface area (Å²) in [6.45, 7) is 2.49. The quantitative estimate of drug-likeness (QED) is 0.343. The van der Waals surface area contributed by atoms with E-state index in [1.165, 1.54) is 10.5 Å². The highest BCUT2D eigenvalue weighted by atomic mass is 35.5. The van der Waals surface area contributed by atoms with E-state index in [2.05, 4.69) is 5.32 Å². The Morgan fingerprint density at radius 2 is 1.81 bits per heavy atom. The number of carbonyl (C=O) groups is 1. The molecule has 8 heteroatoms. The molecule has 7 nitrogen and oxygen atoms in total. The number of fused-ring (bicyclic) bond motifs is 2. The highest BCUT2D eigenvalue weighted by Crippen LogP contribution is 2.15. The standard InChI is InChI=1S/C28H24ClN5O2/c1-18-11-12-24-32-26-22(28(36)34(24)17-18)15-21(27(35)31-16-20-9-5-6-10-23(20)29)25(30)33(26)14-13-19-7-3-2-4-8-19/h2-12,15,17,30H,13-14,16H2,1H3,(H,31,35). The Balaban J connectivity index is 1.63. The largest absolute Gasteiger partial charge is 0.348 e. The fraction of sp³-hybridized carbons (Fsp3) is 0.143. The van der Waals surface area contributed by atoms with Gasteiger partial charge >= 0.3 is 0 Å². The van der Waals surface area contributed by atoms with Gasteiger partial charge in [-0.05, 0) is 48.2 Å². The second-order valence-electron chi connectivity index (χ2n) is 8.66. The van der Waals surface area contributed by atoms with Crippen molar-refractivity contribution >= 4 is 34.2 Å². The van der Waals surface area contributed by atoms with E-state index in [0.29, 0.717) is 29.3 Å². The van der Waals surface area contributed by atoms with Crippen molar-refractivity contribution in [2.75, 3.05) is 0 Å². The van der Waals surface area contributed by atoms with Crippen molar-refractivity contribution in [3.05, 3.63) is 122 Å². The molecule has 2 N–H and O–H groups in total. The topological polar surface area (TPSA) is 92.2 Å². The van der Waals surface area contributed by atoms with E-state index in [0.717, 1.165) is 16.7 Å². The number of nitrogens with zero attached hydrogens (tertiary/aromatic N) is 3. The fourth-order valence-electron chi connectivity index (χ4n) is 4.23. The van der Waals surface area contributed by atoms with Gasteiger partial charge in [0.15, 0.2) is 0 Å². The summed E-state index contributed by atoms with van der Waals surface area (Å²) in [7, 11) is 0.